The Morgan fingerprint density at radius 3 is 1.95 bits per heavy atom. The van der Waals surface area contributed by atoms with E-state index in [1.54, 1.807) is 11.9 Å². The zero-order chi connectivity index (χ0) is 41.4. The molecule has 1 aliphatic heterocycles. The van der Waals surface area contributed by atoms with E-state index in [0.29, 0.717) is 25.2 Å². The zero-order valence-corrected chi connectivity index (χ0v) is 35.9. The third-order valence-electron chi connectivity index (χ3n) is 9.20. The maximum atomic E-state index is 11.6. The van der Waals surface area contributed by atoms with Gasteiger partial charge < -0.3 is 34.2 Å². The van der Waals surface area contributed by atoms with Crippen molar-refractivity contribution in [3.05, 3.63) is 59.2 Å². The normalized spacial score (nSPS) is 12.4. The van der Waals surface area contributed by atoms with Gasteiger partial charge in [0.15, 0.2) is 12.4 Å². The molecule has 0 aromatic heterocycles. The number of nitrogens with zero attached hydrogens (tertiary/aromatic N) is 3. The van der Waals surface area contributed by atoms with Gasteiger partial charge in [0.2, 0.25) is 6.41 Å². The van der Waals surface area contributed by atoms with E-state index in [1.807, 2.05) is 77.2 Å². The largest absolute Gasteiger partial charge is 0.441 e. The minimum absolute atomic E-state index is 0. The number of hydrogen-bond acceptors (Lipinski definition) is 9. The predicted octanol–water partition coefficient (Wildman–Crippen LogP) is 9.26. The van der Waals surface area contributed by atoms with E-state index < -0.39 is 6.09 Å². The second-order valence-corrected chi connectivity index (χ2v) is 14.0. The fourth-order valence-corrected chi connectivity index (χ4v) is 6.16. The number of hydrogen-bond donors (Lipinski definition) is 1. The van der Waals surface area contributed by atoms with Crippen LogP contribution in [0.3, 0.4) is 0 Å². The number of Topliss-reactive ketones (excluding diaryl/α,β-unsaturated/α-hetero) is 1. The highest BCUT2D eigenvalue weighted by molar-refractivity contribution is 5.79. The van der Waals surface area contributed by atoms with E-state index in [-0.39, 0.29) is 25.9 Å². The quantitative estimate of drug-likeness (QED) is 0.131. The van der Waals surface area contributed by atoms with E-state index in [1.165, 1.54) is 62.6 Å². The van der Waals surface area contributed by atoms with Crippen molar-refractivity contribution in [3.63, 3.8) is 0 Å². The SMILES string of the molecule is C.CCCCN(C=O)C(CC)CCN(C)C(=O)OCC(C)=O.CCCCN(CCC)C1CCOCC1.CNc1ccccc1.Cc1cc(C)c(OC=O)c(C)c1. The lowest BCUT2D eigenvalue weighted by Crippen LogP contribution is -2.40. The van der Waals surface area contributed by atoms with Crippen LogP contribution in [0.5, 0.6) is 5.75 Å². The van der Waals surface area contributed by atoms with Crippen molar-refractivity contribution in [2.45, 2.75) is 133 Å². The fraction of sp³-hybridized carbons (Fsp3) is 0.644. The van der Waals surface area contributed by atoms with E-state index in [0.717, 1.165) is 68.3 Å². The number of unbranched alkanes of at least 4 members (excludes halogenated alkanes) is 2. The number of ether oxygens (including phenoxy) is 3. The van der Waals surface area contributed by atoms with Crippen molar-refractivity contribution in [1.29, 1.82) is 0 Å². The van der Waals surface area contributed by atoms with Gasteiger partial charge in [-0.2, -0.15) is 0 Å². The second-order valence-electron chi connectivity index (χ2n) is 14.0. The van der Waals surface area contributed by atoms with Crippen LogP contribution in [-0.2, 0) is 23.9 Å². The molecule has 11 nitrogen and oxygen atoms in total. The molecule has 2 aromatic rings. The standard InChI is InChI=1S/C15H28N2O4.C12H25NO.C10H12O2.C7H9N.CH4/c1-5-7-9-17(12-18)14(6-2)8-10-16(4)15(20)21-11-13(3)19;1-3-5-9-13(8-4-2)12-6-10-14-11-7-12;1-7-4-8(2)10(12-6-11)9(3)5-7;1-8-7-5-3-2-4-6-7;/h12,14H,5-11H2,1-4H3;12H,3-11H2,1-2H3;4-6H,1-3H3;2-6,8H,1H3;1H4. The molecular formula is C45H78N4O7. The first-order valence-electron chi connectivity index (χ1n) is 20.2. The minimum atomic E-state index is -0.508. The summed E-state index contributed by atoms with van der Waals surface area (Å²) in [6.07, 6.45) is 10.4. The summed E-state index contributed by atoms with van der Waals surface area (Å²) in [5.74, 6) is 0.491. The van der Waals surface area contributed by atoms with Gasteiger partial charge in [0, 0.05) is 58.2 Å². The Hall–Kier alpha value is -3.96. The maximum Gasteiger partial charge on any atom is 0.409 e. The van der Waals surface area contributed by atoms with Crippen LogP contribution in [0.15, 0.2) is 42.5 Å². The fourth-order valence-electron chi connectivity index (χ4n) is 6.16. The predicted molar refractivity (Wildman–Crippen MR) is 232 cm³/mol. The summed E-state index contributed by atoms with van der Waals surface area (Å²) >= 11 is 0. The number of anilines is 1. The van der Waals surface area contributed by atoms with E-state index in [4.69, 9.17) is 14.2 Å². The maximum absolute atomic E-state index is 11.6. The number of aryl methyl sites for hydroxylation is 3. The topological polar surface area (TPSA) is 118 Å². The molecule has 0 saturated carbocycles. The molecule has 3 rings (SSSR count). The molecule has 0 radical (unpaired) electrons. The van der Waals surface area contributed by atoms with Crippen LogP contribution >= 0.6 is 0 Å². The van der Waals surface area contributed by atoms with Crippen LogP contribution in [-0.4, -0.2) is 112 Å². The van der Waals surface area contributed by atoms with Gasteiger partial charge in [-0.15, -0.1) is 0 Å². The van der Waals surface area contributed by atoms with Gasteiger partial charge in [-0.05, 0) is 109 Å². The van der Waals surface area contributed by atoms with Crippen LogP contribution < -0.4 is 10.1 Å². The molecule has 1 aliphatic rings. The van der Waals surface area contributed by atoms with Gasteiger partial charge in [-0.3, -0.25) is 14.4 Å². The minimum Gasteiger partial charge on any atom is -0.441 e. The lowest BCUT2D eigenvalue weighted by Gasteiger charge is -2.34. The van der Waals surface area contributed by atoms with Crippen molar-refractivity contribution in [2.75, 3.05) is 65.4 Å². The molecule has 1 fully saturated rings. The summed E-state index contributed by atoms with van der Waals surface area (Å²) in [5, 5.41) is 3.03. The van der Waals surface area contributed by atoms with Gasteiger partial charge in [-0.1, -0.05) is 83.9 Å². The lowest BCUT2D eigenvalue weighted by molar-refractivity contribution is -0.121. The summed E-state index contributed by atoms with van der Waals surface area (Å²) in [5.41, 5.74) is 4.34. The molecule has 2 aromatic carbocycles. The highest BCUT2D eigenvalue weighted by atomic mass is 16.6. The number of benzene rings is 2. The second kappa shape index (κ2) is 34.3. The van der Waals surface area contributed by atoms with E-state index >= 15 is 0 Å². The highest BCUT2D eigenvalue weighted by Gasteiger charge is 2.20. The molecule has 56 heavy (non-hydrogen) atoms. The Labute approximate surface area is 340 Å². The first-order chi connectivity index (χ1) is 26.4. The zero-order valence-electron chi connectivity index (χ0n) is 35.9. The third-order valence-corrected chi connectivity index (χ3v) is 9.20. The number of carbonyl (C=O) groups is 4. The summed E-state index contributed by atoms with van der Waals surface area (Å²) in [4.78, 5) is 49.6. The smallest absolute Gasteiger partial charge is 0.409 e. The van der Waals surface area contributed by atoms with Gasteiger partial charge in [0.1, 0.15) is 5.75 Å². The van der Waals surface area contributed by atoms with Gasteiger partial charge in [-0.25, -0.2) is 4.79 Å². The molecule has 1 saturated heterocycles. The number of para-hydroxylation sites is 1. The summed E-state index contributed by atoms with van der Waals surface area (Å²) in [6.45, 7) is 21.9. The summed E-state index contributed by atoms with van der Waals surface area (Å²) in [6, 6.07) is 15.0. The van der Waals surface area contributed by atoms with Crippen LogP contribution in [0.2, 0.25) is 0 Å². The number of ketones is 1. The van der Waals surface area contributed by atoms with Crippen molar-refractivity contribution >= 4 is 30.4 Å². The average molecular weight is 787 g/mol. The van der Waals surface area contributed by atoms with E-state index in [2.05, 4.69) is 31.0 Å². The van der Waals surface area contributed by atoms with Gasteiger partial charge in [0.05, 0.1) is 0 Å². The van der Waals surface area contributed by atoms with Crippen molar-refractivity contribution in [2.24, 2.45) is 0 Å². The molecule has 2 amide bonds. The van der Waals surface area contributed by atoms with Crippen LogP contribution in [0.25, 0.3) is 0 Å². The molecule has 1 heterocycles. The lowest BCUT2D eigenvalue weighted by atomic mass is 10.1. The molecule has 11 heteroatoms. The van der Waals surface area contributed by atoms with Gasteiger partial charge >= 0.3 is 6.09 Å². The van der Waals surface area contributed by atoms with Crippen LogP contribution in [0.1, 0.15) is 117 Å². The summed E-state index contributed by atoms with van der Waals surface area (Å²) < 4.78 is 15.1. The Balaban J connectivity index is 0. The first-order valence-corrected chi connectivity index (χ1v) is 20.2. The molecule has 1 N–H and O–H groups in total. The first kappa shape index (κ1) is 54.1. The van der Waals surface area contributed by atoms with Crippen molar-refractivity contribution in [3.8, 4) is 5.75 Å². The monoisotopic (exact) mass is 787 g/mol. The Kier molecular flexibility index (Phi) is 33.2. The molecule has 1 unspecified atom stereocenters. The molecule has 0 spiro atoms. The van der Waals surface area contributed by atoms with Crippen molar-refractivity contribution in [1.82, 2.24) is 14.7 Å². The third kappa shape index (κ3) is 24.5. The van der Waals surface area contributed by atoms with Gasteiger partial charge in [0.25, 0.3) is 6.47 Å². The van der Waals surface area contributed by atoms with Crippen LogP contribution in [0.4, 0.5) is 10.5 Å². The number of rotatable bonds is 20. The molecule has 0 aliphatic carbocycles. The summed E-state index contributed by atoms with van der Waals surface area (Å²) in [7, 11) is 3.54. The molecular weight excluding hydrogens is 709 g/mol. The Bertz CT molecular complexity index is 1280. The Morgan fingerprint density at radius 2 is 1.48 bits per heavy atom. The molecule has 1 atom stereocenters. The Morgan fingerprint density at radius 1 is 0.893 bits per heavy atom. The van der Waals surface area contributed by atoms with Crippen molar-refractivity contribution < 1.29 is 33.4 Å². The van der Waals surface area contributed by atoms with E-state index in [9.17, 15) is 19.2 Å². The number of carbonyl (C=O) groups excluding carboxylic acids is 4. The number of nitrogens with one attached hydrogen (secondary N) is 1. The number of amides is 2. The average Bonchev–Trinajstić information content (AvgIpc) is 3.19. The van der Waals surface area contributed by atoms with Crippen LogP contribution in [0, 0.1) is 20.8 Å². The molecule has 320 valence electrons. The molecule has 0 bridgehead atoms. The highest BCUT2D eigenvalue weighted by Crippen LogP contribution is 2.23.